The molecule has 2 bridgehead atoms. The number of carbonyl (C=O) groups excluding carboxylic acids is 1. The number of benzene rings is 2. The Balaban J connectivity index is 1.84. The van der Waals surface area contributed by atoms with Gasteiger partial charge in [-0.05, 0) is 29.5 Å². The van der Waals surface area contributed by atoms with Crippen LogP contribution >= 0.6 is 0 Å². The summed E-state index contributed by atoms with van der Waals surface area (Å²) >= 11 is 0. The van der Waals surface area contributed by atoms with E-state index in [0.29, 0.717) is 5.92 Å². The van der Waals surface area contributed by atoms with Crippen LogP contribution < -0.4 is 11.2 Å². The lowest BCUT2D eigenvalue weighted by Gasteiger charge is -2.41. The number of nitrogens with two attached hydrogens (primary N) is 1. The minimum Gasteiger partial charge on any atom is -0.350 e. The first-order valence-corrected chi connectivity index (χ1v) is 9.19. The zero-order chi connectivity index (χ0) is 17.9. The molecular weight excluding hydrogens is 322 g/mol. The predicted molar refractivity (Wildman–Crippen MR) is 105 cm³/mol. The van der Waals surface area contributed by atoms with Gasteiger partial charge < -0.3 is 5.73 Å². The third-order valence-electron chi connectivity index (χ3n) is 5.50. The fourth-order valence-corrected chi connectivity index (χ4v) is 4.41. The quantitative estimate of drug-likeness (QED) is 0.800. The van der Waals surface area contributed by atoms with Crippen molar-refractivity contribution in [2.45, 2.75) is 25.2 Å². The molecule has 0 heterocycles. The highest BCUT2D eigenvalue weighted by Gasteiger charge is 2.40. The Morgan fingerprint density at radius 2 is 1.69 bits per heavy atom. The predicted octanol–water partition coefficient (Wildman–Crippen LogP) is 4.31. The normalized spacial score (nSPS) is 26.2. The highest BCUT2D eigenvalue weighted by atomic mass is 16.2. The standard InChI is InChI=1S/C22H23N3O/c23-22(26)25-24-21-17-12-7-13-18(21)20(16-10-5-2-6-11-16)14-19(17)15-8-3-1-4-9-15/h1-6,8-11,14,17-19H,7,12-13H2,(H3,23,25,26)/b24-21-. The SMILES string of the molecule is NC(=O)N/N=C1\C2CCCC1C(c1ccccc1)C=C2c1ccccc1. The van der Waals surface area contributed by atoms with E-state index in [1.165, 1.54) is 23.1 Å². The van der Waals surface area contributed by atoms with Gasteiger partial charge in [0, 0.05) is 23.5 Å². The third-order valence-corrected chi connectivity index (χ3v) is 5.50. The van der Waals surface area contributed by atoms with Gasteiger partial charge in [-0.2, -0.15) is 5.10 Å². The summed E-state index contributed by atoms with van der Waals surface area (Å²) in [5, 5.41) is 4.47. The summed E-state index contributed by atoms with van der Waals surface area (Å²) in [7, 11) is 0. The lowest BCUT2D eigenvalue weighted by molar-refractivity contribution is 0.249. The van der Waals surface area contributed by atoms with E-state index in [2.05, 4.69) is 65.1 Å². The van der Waals surface area contributed by atoms with Gasteiger partial charge in [-0.25, -0.2) is 10.2 Å². The summed E-state index contributed by atoms with van der Waals surface area (Å²) in [4.78, 5) is 11.3. The van der Waals surface area contributed by atoms with Gasteiger partial charge in [-0.3, -0.25) is 0 Å². The molecule has 3 atom stereocenters. The fraction of sp³-hybridized carbons (Fsp3) is 0.273. The van der Waals surface area contributed by atoms with Gasteiger partial charge in [0.2, 0.25) is 0 Å². The van der Waals surface area contributed by atoms with Gasteiger partial charge in [0.25, 0.3) is 0 Å². The number of hydrogen-bond acceptors (Lipinski definition) is 2. The lowest BCUT2D eigenvalue weighted by Crippen LogP contribution is -2.39. The molecule has 4 heteroatoms. The molecule has 0 spiro atoms. The number of nitrogens with one attached hydrogen (secondary N) is 1. The molecule has 3 unspecified atom stereocenters. The van der Waals surface area contributed by atoms with Crippen LogP contribution in [0.25, 0.3) is 5.57 Å². The van der Waals surface area contributed by atoms with E-state index in [4.69, 9.17) is 5.73 Å². The molecule has 26 heavy (non-hydrogen) atoms. The first-order chi connectivity index (χ1) is 12.7. The number of amides is 2. The Hall–Kier alpha value is -2.88. The van der Waals surface area contributed by atoms with E-state index >= 15 is 0 Å². The van der Waals surface area contributed by atoms with Crippen LogP contribution in [0.2, 0.25) is 0 Å². The Kier molecular flexibility index (Phi) is 4.57. The highest BCUT2D eigenvalue weighted by Crippen LogP contribution is 2.48. The smallest absolute Gasteiger partial charge is 0.332 e. The van der Waals surface area contributed by atoms with E-state index in [1.807, 2.05) is 12.1 Å². The van der Waals surface area contributed by atoms with Crippen LogP contribution in [-0.2, 0) is 0 Å². The molecule has 2 aliphatic carbocycles. The Morgan fingerprint density at radius 1 is 1.00 bits per heavy atom. The number of carbonyl (C=O) groups is 1. The van der Waals surface area contributed by atoms with Crippen molar-refractivity contribution in [1.29, 1.82) is 0 Å². The highest BCUT2D eigenvalue weighted by molar-refractivity contribution is 6.02. The molecule has 0 aliphatic heterocycles. The number of fused-ring (bicyclic) bond motifs is 2. The van der Waals surface area contributed by atoms with Crippen LogP contribution in [0.1, 0.15) is 36.3 Å². The number of rotatable bonds is 3. The van der Waals surface area contributed by atoms with E-state index < -0.39 is 6.03 Å². The van der Waals surface area contributed by atoms with E-state index in [9.17, 15) is 4.79 Å². The minimum atomic E-state index is -0.609. The first-order valence-electron chi connectivity index (χ1n) is 9.19. The molecule has 2 aromatic carbocycles. The Bertz CT molecular complexity index is 842. The van der Waals surface area contributed by atoms with Gasteiger partial charge >= 0.3 is 6.03 Å². The first kappa shape index (κ1) is 16.6. The lowest BCUT2D eigenvalue weighted by atomic mass is 9.63. The summed E-state index contributed by atoms with van der Waals surface area (Å²) in [6, 6.07) is 20.4. The minimum absolute atomic E-state index is 0.239. The van der Waals surface area contributed by atoms with Gasteiger partial charge in [0.1, 0.15) is 0 Å². The van der Waals surface area contributed by atoms with Crippen molar-refractivity contribution in [3.8, 4) is 0 Å². The molecule has 4 nitrogen and oxygen atoms in total. The van der Waals surface area contributed by atoms with E-state index in [0.717, 1.165) is 18.6 Å². The molecule has 0 radical (unpaired) electrons. The number of urea groups is 1. The maximum atomic E-state index is 11.3. The average Bonchev–Trinajstić information content (AvgIpc) is 2.68. The van der Waals surface area contributed by atoms with Crippen molar-refractivity contribution >= 4 is 17.3 Å². The molecule has 2 amide bonds. The third kappa shape index (κ3) is 3.15. The number of hydrogen-bond donors (Lipinski definition) is 2. The second kappa shape index (κ2) is 7.16. The second-order valence-electron chi connectivity index (χ2n) is 7.03. The van der Waals surface area contributed by atoms with Gasteiger partial charge in [0.05, 0.1) is 0 Å². The maximum Gasteiger partial charge on any atom is 0.332 e. The molecule has 0 saturated heterocycles. The largest absolute Gasteiger partial charge is 0.350 e. The number of allylic oxidation sites excluding steroid dienone is 2. The van der Waals surface area contributed by atoms with Crippen LogP contribution in [0.5, 0.6) is 0 Å². The second-order valence-corrected chi connectivity index (χ2v) is 7.03. The Morgan fingerprint density at radius 3 is 2.38 bits per heavy atom. The van der Waals surface area contributed by atoms with Crippen LogP contribution in [0, 0.1) is 11.8 Å². The van der Waals surface area contributed by atoms with Crippen LogP contribution in [0.4, 0.5) is 4.79 Å². The van der Waals surface area contributed by atoms with Gasteiger partial charge in [-0.1, -0.05) is 73.2 Å². The van der Waals surface area contributed by atoms with Crippen LogP contribution in [0.3, 0.4) is 0 Å². The van der Waals surface area contributed by atoms with Gasteiger partial charge in [-0.15, -0.1) is 0 Å². The summed E-state index contributed by atoms with van der Waals surface area (Å²) in [6.07, 6.45) is 5.72. The molecule has 3 N–H and O–H groups in total. The number of primary amides is 1. The van der Waals surface area contributed by atoms with Gasteiger partial charge in [0.15, 0.2) is 0 Å². The van der Waals surface area contributed by atoms with Crippen molar-refractivity contribution < 1.29 is 4.79 Å². The number of hydrazone groups is 1. The van der Waals surface area contributed by atoms with Crippen LogP contribution in [-0.4, -0.2) is 11.7 Å². The molecule has 1 fully saturated rings. The summed E-state index contributed by atoms with van der Waals surface area (Å²) in [5.74, 6) is 0.801. The van der Waals surface area contributed by atoms with E-state index in [1.54, 1.807) is 0 Å². The molecule has 2 aromatic rings. The molecule has 1 saturated carbocycles. The summed E-state index contributed by atoms with van der Waals surface area (Å²) in [6.45, 7) is 0. The monoisotopic (exact) mass is 345 g/mol. The van der Waals surface area contributed by atoms with Crippen molar-refractivity contribution in [2.75, 3.05) is 0 Å². The van der Waals surface area contributed by atoms with E-state index in [-0.39, 0.29) is 11.8 Å². The summed E-state index contributed by atoms with van der Waals surface area (Å²) < 4.78 is 0. The van der Waals surface area contributed by atoms with Crippen molar-refractivity contribution in [3.05, 3.63) is 77.9 Å². The molecule has 132 valence electrons. The maximum absolute atomic E-state index is 11.3. The van der Waals surface area contributed by atoms with Crippen LogP contribution in [0.15, 0.2) is 71.8 Å². The zero-order valence-electron chi connectivity index (χ0n) is 14.6. The van der Waals surface area contributed by atoms with Crippen molar-refractivity contribution in [1.82, 2.24) is 5.43 Å². The average molecular weight is 345 g/mol. The topological polar surface area (TPSA) is 67.5 Å². The Labute approximate surface area is 153 Å². The zero-order valence-corrected chi connectivity index (χ0v) is 14.6. The molecule has 0 aromatic heterocycles. The van der Waals surface area contributed by atoms with Crippen molar-refractivity contribution in [3.63, 3.8) is 0 Å². The molecule has 2 aliphatic rings. The fourth-order valence-electron chi connectivity index (χ4n) is 4.41. The summed E-state index contributed by atoms with van der Waals surface area (Å²) in [5.41, 5.74) is 12.7. The molecule has 4 rings (SSSR count). The molecular formula is C22H23N3O. The number of nitrogens with zero attached hydrogens (tertiary/aromatic N) is 1. The van der Waals surface area contributed by atoms with Crippen molar-refractivity contribution in [2.24, 2.45) is 22.7 Å².